The van der Waals surface area contributed by atoms with Crippen molar-refractivity contribution in [2.45, 2.75) is 71.4 Å². The number of hydrogen-bond donors (Lipinski definition) is 1. The summed E-state index contributed by atoms with van der Waals surface area (Å²) in [4.78, 5) is 2.58. The monoisotopic (exact) mass is 240 g/mol. The van der Waals surface area contributed by atoms with E-state index in [9.17, 15) is 0 Å². The van der Waals surface area contributed by atoms with E-state index >= 15 is 0 Å². The van der Waals surface area contributed by atoms with Gasteiger partial charge in [0.15, 0.2) is 0 Å². The van der Waals surface area contributed by atoms with Crippen molar-refractivity contribution in [1.82, 2.24) is 10.2 Å². The van der Waals surface area contributed by atoms with Crippen LogP contribution < -0.4 is 5.32 Å². The third-order valence-corrected chi connectivity index (χ3v) is 4.45. The van der Waals surface area contributed by atoms with E-state index in [0.717, 1.165) is 12.5 Å². The van der Waals surface area contributed by atoms with Gasteiger partial charge in [-0.1, -0.05) is 33.1 Å². The van der Waals surface area contributed by atoms with Crippen molar-refractivity contribution in [2.24, 2.45) is 5.92 Å². The van der Waals surface area contributed by atoms with Gasteiger partial charge in [0.2, 0.25) is 0 Å². The lowest BCUT2D eigenvalue weighted by Crippen LogP contribution is -2.48. The first kappa shape index (κ1) is 15.0. The molecule has 2 nitrogen and oxygen atoms in total. The van der Waals surface area contributed by atoms with Crippen molar-refractivity contribution in [2.75, 3.05) is 20.1 Å². The average Bonchev–Trinajstić information content (AvgIpc) is 2.36. The van der Waals surface area contributed by atoms with Crippen LogP contribution in [0.5, 0.6) is 0 Å². The molecule has 0 aromatic heterocycles. The molecule has 0 aromatic rings. The molecule has 0 radical (unpaired) electrons. The predicted octanol–water partition coefficient (Wildman–Crippen LogP) is 3.28. The zero-order valence-electron chi connectivity index (χ0n) is 12.3. The molecule has 1 rings (SSSR count). The Balaban J connectivity index is 2.35. The minimum Gasteiger partial charge on any atom is -0.313 e. The molecule has 1 fully saturated rings. The summed E-state index contributed by atoms with van der Waals surface area (Å²) in [5.41, 5.74) is 0. The van der Waals surface area contributed by atoms with Crippen LogP contribution in [0, 0.1) is 5.92 Å². The summed E-state index contributed by atoms with van der Waals surface area (Å²) in [6.45, 7) is 9.25. The lowest BCUT2D eigenvalue weighted by molar-refractivity contribution is 0.159. The molecule has 2 unspecified atom stereocenters. The molecule has 0 amide bonds. The number of nitrogens with zero attached hydrogens (tertiary/aromatic N) is 1. The highest BCUT2D eigenvalue weighted by Gasteiger charge is 2.22. The summed E-state index contributed by atoms with van der Waals surface area (Å²) in [6.07, 6.45) is 8.51. The Hall–Kier alpha value is -0.0800. The summed E-state index contributed by atoms with van der Waals surface area (Å²) >= 11 is 0. The van der Waals surface area contributed by atoms with Crippen LogP contribution in [-0.2, 0) is 0 Å². The summed E-state index contributed by atoms with van der Waals surface area (Å²) in [7, 11) is 2.30. The molecule has 102 valence electrons. The lowest BCUT2D eigenvalue weighted by atomic mass is 9.88. The van der Waals surface area contributed by atoms with E-state index in [0.29, 0.717) is 12.1 Å². The predicted molar refractivity (Wildman–Crippen MR) is 76.4 cm³/mol. The van der Waals surface area contributed by atoms with Crippen LogP contribution in [0.15, 0.2) is 0 Å². The number of nitrogens with one attached hydrogen (secondary N) is 1. The standard InChI is InChI=1S/C15H32N2/c1-5-15(16-6-2)13(3)17(4)12-14-10-8-7-9-11-14/h13-16H,5-12H2,1-4H3. The maximum Gasteiger partial charge on any atom is 0.0218 e. The summed E-state index contributed by atoms with van der Waals surface area (Å²) in [5, 5.41) is 3.61. The second-order valence-electron chi connectivity index (χ2n) is 5.76. The first-order valence-electron chi connectivity index (χ1n) is 7.62. The van der Waals surface area contributed by atoms with Gasteiger partial charge in [0, 0.05) is 18.6 Å². The van der Waals surface area contributed by atoms with E-state index in [1.807, 2.05) is 0 Å². The molecule has 17 heavy (non-hydrogen) atoms. The minimum absolute atomic E-state index is 0.647. The zero-order valence-corrected chi connectivity index (χ0v) is 12.3. The molecule has 0 heterocycles. The van der Waals surface area contributed by atoms with Crippen LogP contribution in [0.25, 0.3) is 0 Å². The average molecular weight is 240 g/mol. The SMILES string of the molecule is CCNC(CC)C(C)N(C)CC1CCCCC1. The molecule has 2 atom stereocenters. The molecule has 1 saturated carbocycles. The van der Waals surface area contributed by atoms with Gasteiger partial charge < -0.3 is 10.2 Å². The van der Waals surface area contributed by atoms with Crippen LogP contribution in [0.4, 0.5) is 0 Å². The van der Waals surface area contributed by atoms with Gasteiger partial charge in [0.25, 0.3) is 0 Å². The molecule has 1 aliphatic rings. The second kappa shape index (κ2) is 8.10. The van der Waals surface area contributed by atoms with E-state index < -0.39 is 0 Å². The van der Waals surface area contributed by atoms with Crippen molar-refractivity contribution in [3.63, 3.8) is 0 Å². The number of likely N-dealkylation sites (N-methyl/N-ethyl adjacent to an activating group) is 2. The quantitative estimate of drug-likeness (QED) is 0.735. The van der Waals surface area contributed by atoms with E-state index in [2.05, 4.69) is 38.0 Å². The summed E-state index contributed by atoms with van der Waals surface area (Å²) in [6, 6.07) is 1.30. The Morgan fingerprint density at radius 1 is 1.18 bits per heavy atom. The third kappa shape index (κ3) is 4.97. The zero-order chi connectivity index (χ0) is 12.7. The number of hydrogen-bond acceptors (Lipinski definition) is 2. The van der Waals surface area contributed by atoms with Gasteiger partial charge >= 0.3 is 0 Å². The largest absolute Gasteiger partial charge is 0.313 e. The van der Waals surface area contributed by atoms with Gasteiger partial charge in [-0.3, -0.25) is 0 Å². The van der Waals surface area contributed by atoms with Gasteiger partial charge in [-0.25, -0.2) is 0 Å². The fourth-order valence-corrected chi connectivity index (χ4v) is 3.17. The Labute approximate surface area is 108 Å². The van der Waals surface area contributed by atoms with E-state index in [-0.39, 0.29) is 0 Å². The second-order valence-corrected chi connectivity index (χ2v) is 5.76. The fraction of sp³-hybridized carbons (Fsp3) is 1.00. The summed E-state index contributed by atoms with van der Waals surface area (Å²) < 4.78 is 0. The van der Waals surface area contributed by atoms with Gasteiger partial charge in [0.1, 0.15) is 0 Å². The van der Waals surface area contributed by atoms with Gasteiger partial charge in [0.05, 0.1) is 0 Å². The third-order valence-electron chi connectivity index (χ3n) is 4.45. The highest BCUT2D eigenvalue weighted by atomic mass is 15.2. The van der Waals surface area contributed by atoms with E-state index in [4.69, 9.17) is 0 Å². The Morgan fingerprint density at radius 3 is 2.35 bits per heavy atom. The van der Waals surface area contributed by atoms with Crippen LogP contribution in [0.1, 0.15) is 59.3 Å². The van der Waals surface area contributed by atoms with Crippen molar-refractivity contribution in [3.8, 4) is 0 Å². The highest BCUT2D eigenvalue weighted by molar-refractivity contribution is 4.80. The molecule has 0 bridgehead atoms. The van der Waals surface area contributed by atoms with Gasteiger partial charge in [-0.05, 0) is 45.7 Å². The van der Waals surface area contributed by atoms with Crippen LogP contribution in [0.3, 0.4) is 0 Å². The molecule has 1 aliphatic carbocycles. The Bertz CT molecular complexity index is 187. The minimum atomic E-state index is 0.647. The molecular formula is C15H32N2. The van der Waals surface area contributed by atoms with Crippen LogP contribution >= 0.6 is 0 Å². The van der Waals surface area contributed by atoms with Crippen molar-refractivity contribution < 1.29 is 0 Å². The maximum absolute atomic E-state index is 3.61. The maximum atomic E-state index is 3.61. The van der Waals surface area contributed by atoms with Crippen molar-refractivity contribution >= 4 is 0 Å². The first-order valence-corrected chi connectivity index (χ1v) is 7.62. The van der Waals surface area contributed by atoms with Gasteiger partial charge in [-0.2, -0.15) is 0 Å². The normalized spacial score (nSPS) is 21.7. The first-order chi connectivity index (χ1) is 8.19. The summed E-state index contributed by atoms with van der Waals surface area (Å²) in [5.74, 6) is 0.954. The fourth-order valence-electron chi connectivity index (χ4n) is 3.17. The number of rotatable bonds is 7. The van der Waals surface area contributed by atoms with Crippen molar-refractivity contribution in [1.29, 1.82) is 0 Å². The molecule has 1 N–H and O–H groups in total. The van der Waals surface area contributed by atoms with E-state index in [1.165, 1.54) is 45.1 Å². The lowest BCUT2D eigenvalue weighted by Gasteiger charge is -2.35. The topological polar surface area (TPSA) is 15.3 Å². The Kier molecular flexibility index (Phi) is 7.14. The molecule has 0 aliphatic heterocycles. The molecule has 0 saturated heterocycles. The smallest absolute Gasteiger partial charge is 0.0218 e. The van der Waals surface area contributed by atoms with E-state index in [1.54, 1.807) is 0 Å². The van der Waals surface area contributed by atoms with Crippen LogP contribution in [-0.4, -0.2) is 37.1 Å². The van der Waals surface area contributed by atoms with Gasteiger partial charge in [-0.15, -0.1) is 0 Å². The molecule has 0 aromatic carbocycles. The molecule has 0 spiro atoms. The molecular weight excluding hydrogens is 208 g/mol. The van der Waals surface area contributed by atoms with Crippen molar-refractivity contribution in [3.05, 3.63) is 0 Å². The molecule has 2 heteroatoms. The Morgan fingerprint density at radius 2 is 1.82 bits per heavy atom. The highest BCUT2D eigenvalue weighted by Crippen LogP contribution is 2.24. The van der Waals surface area contributed by atoms with Crippen LogP contribution in [0.2, 0.25) is 0 Å².